The van der Waals surface area contributed by atoms with E-state index >= 15 is 0 Å². The quantitative estimate of drug-likeness (QED) is 0.816. The zero-order chi connectivity index (χ0) is 11.7. The largest absolute Gasteiger partial charge is 0.314 e. The van der Waals surface area contributed by atoms with Crippen molar-refractivity contribution in [1.29, 1.82) is 0 Å². The Morgan fingerprint density at radius 2 is 2.12 bits per heavy atom. The van der Waals surface area contributed by atoms with Crippen LogP contribution in [0.4, 0.5) is 8.78 Å². The van der Waals surface area contributed by atoms with Crippen molar-refractivity contribution in [1.82, 2.24) is 5.32 Å². The lowest BCUT2D eigenvalue weighted by molar-refractivity contribution is 0.538. The maximum atomic E-state index is 13.9. The number of nitrogens with one attached hydrogen (secondary N) is 1. The van der Waals surface area contributed by atoms with Crippen LogP contribution >= 0.6 is 0 Å². The van der Waals surface area contributed by atoms with E-state index in [2.05, 4.69) is 5.32 Å². The summed E-state index contributed by atoms with van der Waals surface area (Å²) in [7, 11) is 0. The second kappa shape index (κ2) is 4.50. The van der Waals surface area contributed by atoms with Crippen molar-refractivity contribution in [3.8, 4) is 0 Å². The van der Waals surface area contributed by atoms with Gasteiger partial charge in [0.05, 0.1) is 0 Å². The molecule has 1 heterocycles. The lowest BCUT2D eigenvalue weighted by Crippen LogP contribution is -2.25. The molecule has 2 rings (SSSR count). The Bertz CT molecular complexity index is 369. The lowest BCUT2D eigenvalue weighted by atomic mass is 9.97. The third-order valence-electron chi connectivity index (χ3n) is 3.38. The summed E-state index contributed by atoms with van der Waals surface area (Å²) in [5.41, 5.74) is 1.39. The monoisotopic (exact) mass is 225 g/mol. The van der Waals surface area contributed by atoms with Gasteiger partial charge in [-0.15, -0.1) is 0 Å². The smallest absolute Gasteiger partial charge is 0.129 e. The van der Waals surface area contributed by atoms with Gasteiger partial charge in [0.25, 0.3) is 0 Å². The van der Waals surface area contributed by atoms with E-state index in [1.54, 1.807) is 13.8 Å². The number of halogens is 2. The van der Waals surface area contributed by atoms with Crippen LogP contribution in [0.5, 0.6) is 0 Å². The number of hydrogen-bond donors (Lipinski definition) is 1. The molecule has 1 aromatic rings. The number of aryl methyl sites for hydroxylation is 1. The summed E-state index contributed by atoms with van der Waals surface area (Å²) in [4.78, 5) is 0. The summed E-state index contributed by atoms with van der Waals surface area (Å²) in [5, 5.41) is 3.31. The van der Waals surface area contributed by atoms with Gasteiger partial charge in [-0.1, -0.05) is 0 Å². The molecule has 1 atom stereocenters. The molecule has 1 aliphatic rings. The van der Waals surface area contributed by atoms with Crippen molar-refractivity contribution in [2.75, 3.05) is 6.54 Å². The van der Waals surface area contributed by atoms with Gasteiger partial charge in [-0.05, 0) is 62.4 Å². The van der Waals surface area contributed by atoms with Crippen LogP contribution in [0.2, 0.25) is 0 Å². The van der Waals surface area contributed by atoms with Crippen molar-refractivity contribution in [2.24, 2.45) is 0 Å². The van der Waals surface area contributed by atoms with Crippen molar-refractivity contribution in [2.45, 2.75) is 39.2 Å². The Balaban J connectivity index is 2.31. The molecule has 1 aliphatic heterocycles. The molecule has 1 aromatic carbocycles. The molecule has 0 aliphatic carbocycles. The second-order valence-electron chi connectivity index (χ2n) is 4.59. The molecule has 0 aromatic heterocycles. The summed E-state index contributed by atoms with van der Waals surface area (Å²) in [6.45, 7) is 4.26. The van der Waals surface area contributed by atoms with Gasteiger partial charge in [0.2, 0.25) is 0 Å². The van der Waals surface area contributed by atoms with Crippen LogP contribution < -0.4 is 5.32 Å². The normalized spacial score (nSPS) is 20.4. The number of benzene rings is 1. The highest BCUT2D eigenvalue weighted by molar-refractivity contribution is 5.34. The third kappa shape index (κ3) is 2.09. The highest BCUT2D eigenvalue weighted by Crippen LogP contribution is 2.23. The van der Waals surface area contributed by atoms with Gasteiger partial charge in [0.1, 0.15) is 11.6 Å². The van der Waals surface area contributed by atoms with Gasteiger partial charge in [0, 0.05) is 6.04 Å². The SMILES string of the molecule is Cc1cc(F)c(C)c(CC2CCCN2)c1F. The Morgan fingerprint density at radius 3 is 2.75 bits per heavy atom. The number of hydrogen-bond acceptors (Lipinski definition) is 1. The van der Waals surface area contributed by atoms with Gasteiger partial charge in [-0.25, -0.2) is 8.78 Å². The first-order valence-electron chi connectivity index (χ1n) is 5.77. The van der Waals surface area contributed by atoms with Gasteiger partial charge in [-0.3, -0.25) is 0 Å². The van der Waals surface area contributed by atoms with Crippen LogP contribution in [-0.2, 0) is 6.42 Å². The van der Waals surface area contributed by atoms with Crippen LogP contribution in [0.25, 0.3) is 0 Å². The summed E-state index contributed by atoms with van der Waals surface area (Å²) in [6, 6.07) is 1.57. The van der Waals surface area contributed by atoms with Crippen LogP contribution in [0, 0.1) is 25.5 Å². The molecule has 0 spiro atoms. The minimum Gasteiger partial charge on any atom is -0.314 e. The Morgan fingerprint density at radius 1 is 1.38 bits per heavy atom. The van der Waals surface area contributed by atoms with E-state index in [0.717, 1.165) is 19.4 Å². The molecule has 0 saturated carbocycles. The maximum absolute atomic E-state index is 13.9. The molecular weight excluding hydrogens is 208 g/mol. The van der Waals surface area contributed by atoms with E-state index in [1.807, 2.05) is 0 Å². The van der Waals surface area contributed by atoms with Crippen molar-refractivity contribution >= 4 is 0 Å². The second-order valence-corrected chi connectivity index (χ2v) is 4.59. The van der Waals surface area contributed by atoms with Gasteiger partial charge in [0.15, 0.2) is 0 Å². The van der Waals surface area contributed by atoms with E-state index < -0.39 is 0 Å². The summed E-state index contributed by atoms with van der Waals surface area (Å²) >= 11 is 0. The van der Waals surface area contributed by atoms with Gasteiger partial charge in [-0.2, -0.15) is 0 Å². The van der Waals surface area contributed by atoms with Gasteiger partial charge < -0.3 is 5.32 Å². The third-order valence-corrected chi connectivity index (χ3v) is 3.38. The van der Waals surface area contributed by atoms with Crippen LogP contribution in [-0.4, -0.2) is 12.6 Å². The average Bonchev–Trinajstić information content (AvgIpc) is 2.74. The fourth-order valence-electron chi connectivity index (χ4n) is 2.33. The van der Waals surface area contributed by atoms with Crippen molar-refractivity contribution in [3.05, 3.63) is 34.4 Å². The van der Waals surface area contributed by atoms with Gasteiger partial charge >= 0.3 is 0 Å². The minimum absolute atomic E-state index is 0.243. The first-order chi connectivity index (χ1) is 7.59. The fraction of sp³-hybridized carbons (Fsp3) is 0.538. The van der Waals surface area contributed by atoms with Crippen LogP contribution in [0.3, 0.4) is 0 Å². The predicted molar refractivity (Wildman–Crippen MR) is 60.6 cm³/mol. The molecule has 1 fully saturated rings. The molecule has 1 unspecified atom stereocenters. The topological polar surface area (TPSA) is 12.0 Å². The molecule has 1 nitrogen and oxygen atoms in total. The van der Waals surface area contributed by atoms with E-state index in [4.69, 9.17) is 0 Å². The Labute approximate surface area is 94.9 Å². The molecule has 1 N–H and O–H groups in total. The van der Waals surface area contributed by atoms with Crippen LogP contribution in [0.1, 0.15) is 29.5 Å². The Hall–Kier alpha value is -0.960. The number of rotatable bonds is 2. The molecular formula is C13H17F2N. The Kier molecular flexibility index (Phi) is 3.24. The standard InChI is InChI=1S/C13H17F2N/c1-8-6-12(14)9(2)11(13(8)15)7-10-4-3-5-16-10/h6,10,16H,3-5,7H2,1-2H3. The predicted octanol–water partition coefficient (Wildman–Crippen LogP) is 2.88. The molecule has 88 valence electrons. The van der Waals surface area contributed by atoms with E-state index in [9.17, 15) is 8.78 Å². The molecule has 1 saturated heterocycles. The van der Waals surface area contributed by atoms with E-state index in [1.165, 1.54) is 6.07 Å². The molecule has 0 bridgehead atoms. The first kappa shape index (κ1) is 11.5. The lowest BCUT2D eigenvalue weighted by Gasteiger charge is -2.15. The highest BCUT2D eigenvalue weighted by atomic mass is 19.1. The van der Waals surface area contributed by atoms with Crippen LogP contribution in [0.15, 0.2) is 6.07 Å². The highest BCUT2D eigenvalue weighted by Gasteiger charge is 2.20. The van der Waals surface area contributed by atoms with E-state index in [0.29, 0.717) is 29.2 Å². The summed E-state index contributed by atoms with van der Waals surface area (Å²) in [6.07, 6.45) is 2.77. The molecule has 0 radical (unpaired) electrons. The summed E-state index contributed by atoms with van der Waals surface area (Å²) < 4.78 is 27.4. The van der Waals surface area contributed by atoms with E-state index in [-0.39, 0.29) is 11.6 Å². The maximum Gasteiger partial charge on any atom is 0.129 e. The first-order valence-corrected chi connectivity index (χ1v) is 5.77. The minimum atomic E-state index is -0.299. The van der Waals surface area contributed by atoms with Crippen molar-refractivity contribution < 1.29 is 8.78 Å². The zero-order valence-corrected chi connectivity index (χ0v) is 9.74. The van der Waals surface area contributed by atoms with Crippen molar-refractivity contribution in [3.63, 3.8) is 0 Å². The zero-order valence-electron chi connectivity index (χ0n) is 9.74. The molecule has 3 heteroatoms. The molecule has 0 amide bonds. The summed E-state index contributed by atoms with van der Waals surface area (Å²) in [5.74, 6) is -0.542. The fourth-order valence-corrected chi connectivity index (χ4v) is 2.33. The molecule has 16 heavy (non-hydrogen) atoms. The average molecular weight is 225 g/mol.